The third kappa shape index (κ3) is 6.08. The van der Waals surface area contributed by atoms with Crippen molar-refractivity contribution in [2.24, 2.45) is 0 Å². The Balaban J connectivity index is 1.71. The highest BCUT2D eigenvalue weighted by Crippen LogP contribution is 2.36. The van der Waals surface area contributed by atoms with E-state index < -0.39 is 6.10 Å². The quantitative estimate of drug-likeness (QED) is 0.249. The molecule has 0 amide bonds. The number of halogens is 1. The highest BCUT2D eigenvalue weighted by molar-refractivity contribution is 6.30. The van der Waals surface area contributed by atoms with Gasteiger partial charge in [-0.05, 0) is 61.9 Å². The van der Waals surface area contributed by atoms with Crippen molar-refractivity contribution in [3.63, 3.8) is 0 Å². The molecular formula is C29H32ClN3O3. The molecule has 0 radical (unpaired) electrons. The Bertz CT molecular complexity index is 1260. The molecule has 6 nitrogen and oxygen atoms in total. The van der Waals surface area contributed by atoms with Gasteiger partial charge < -0.3 is 14.6 Å². The summed E-state index contributed by atoms with van der Waals surface area (Å²) in [7, 11) is 1.62. The van der Waals surface area contributed by atoms with Crippen LogP contribution in [0.25, 0.3) is 5.69 Å². The van der Waals surface area contributed by atoms with E-state index in [2.05, 4.69) is 11.8 Å². The van der Waals surface area contributed by atoms with Gasteiger partial charge in [0.2, 0.25) is 5.88 Å². The number of hydrogen-bond donors (Lipinski definition) is 1. The van der Waals surface area contributed by atoms with Gasteiger partial charge in [0.1, 0.15) is 0 Å². The van der Waals surface area contributed by atoms with E-state index in [9.17, 15) is 5.11 Å². The van der Waals surface area contributed by atoms with E-state index in [1.807, 2.05) is 85.8 Å². The largest absolute Gasteiger partial charge is 0.493 e. The van der Waals surface area contributed by atoms with Crippen molar-refractivity contribution in [1.82, 2.24) is 14.7 Å². The standard InChI is InChI=1S/C29H32ClN3O3/c1-4-18-32(20-26(34)22-10-6-5-7-11-22)19-25-21(2)31-33(24-16-14-23(30)15-17-24)29(25)36-28-13-9-8-12-27(28)35-3/h5-17,26,34H,4,18-20H2,1-3H3. The van der Waals surface area contributed by atoms with Crippen LogP contribution in [-0.4, -0.2) is 40.0 Å². The molecule has 0 aliphatic rings. The van der Waals surface area contributed by atoms with Crippen molar-refractivity contribution >= 4 is 11.6 Å². The van der Waals surface area contributed by atoms with Gasteiger partial charge in [0.05, 0.1) is 30.2 Å². The van der Waals surface area contributed by atoms with E-state index in [-0.39, 0.29) is 0 Å². The number of methoxy groups -OCH3 is 1. The van der Waals surface area contributed by atoms with Crippen molar-refractivity contribution in [2.45, 2.75) is 32.9 Å². The molecule has 0 spiro atoms. The lowest BCUT2D eigenvalue weighted by Crippen LogP contribution is -2.29. The first-order valence-corrected chi connectivity index (χ1v) is 12.5. The third-order valence-corrected chi connectivity index (χ3v) is 6.27. The van der Waals surface area contributed by atoms with Crippen LogP contribution in [0.4, 0.5) is 0 Å². The summed E-state index contributed by atoms with van der Waals surface area (Å²) in [5.41, 5.74) is 3.54. The van der Waals surface area contributed by atoms with Gasteiger partial charge in [-0.15, -0.1) is 0 Å². The molecule has 0 saturated heterocycles. The summed E-state index contributed by atoms with van der Waals surface area (Å²) in [6, 6.07) is 24.8. The lowest BCUT2D eigenvalue weighted by molar-refractivity contribution is 0.108. The van der Waals surface area contributed by atoms with Crippen molar-refractivity contribution in [3.8, 4) is 23.1 Å². The molecular weight excluding hydrogens is 474 g/mol. The number of hydrogen-bond acceptors (Lipinski definition) is 5. The number of benzene rings is 3. The smallest absolute Gasteiger partial charge is 0.227 e. The molecule has 0 aliphatic heterocycles. The van der Waals surface area contributed by atoms with Crippen LogP contribution in [0, 0.1) is 6.92 Å². The first-order chi connectivity index (χ1) is 17.5. The molecule has 188 valence electrons. The number of nitrogens with zero attached hydrogens (tertiary/aromatic N) is 3. The summed E-state index contributed by atoms with van der Waals surface area (Å²) in [4.78, 5) is 2.24. The summed E-state index contributed by atoms with van der Waals surface area (Å²) in [6.45, 7) is 6.01. The average molecular weight is 506 g/mol. The van der Waals surface area contributed by atoms with Gasteiger partial charge in [-0.1, -0.05) is 61.0 Å². The van der Waals surface area contributed by atoms with Crippen LogP contribution in [-0.2, 0) is 6.54 Å². The fourth-order valence-corrected chi connectivity index (χ4v) is 4.32. The number of ether oxygens (including phenoxy) is 2. The molecule has 4 aromatic rings. The van der Waals surface area contributed by atoms with Crippen LogP contribution in [0.5, 0.6) is 17.4 Å². The monoisotopic (exact) mass is 505 g/mol. The van der Waals surface area contributed by atoms with Gasteiger partial charge in [0.25, 0.3) is 0 Å². The maximum atomic E-state index is 10.9. The average Bonchev–Trinajstić information content (AvgIpc) is 3.20. The number of aryl methyl sites for hydroxylation is 1. The molecule has 0 aliphatic carbocycles. The first kappa shape index (κ1) is 25.8. The molecule has 0 fully saturated rings. The lowest BCUT2D eigenvalue weighted by Gasteiger charge is -2.25. The zero-order valence-corrected chi connectivity index (χ0v) is 21.7. The molecule has 3 aromatic carbocycles. The maximum Gasteiger partial charge on any atom is 0.227 e. The number of aliphatic hydroxyl groups is 1. The van der Waals surface area contributed by atoms with Gasteiger partial charge in [-0.3, -0.25) is 4.90 Å². The maximum absolute atomic E-state index is 10.9. The van der Waals surface area contributed by atoms with Gasteiger partial charge in [-0.25, -0.2) is 4.68 Å². The Morgan fingerprint density at radius 1 is 0.972 bits per heavy atom. The van der Waals surface area contributed by atoms with E-state index in [0.29, 0.717) is 35.5 Å². The number of aliphatic hydroxyl groups excluding tert-OH is 1. The van der Waals surface area contributed by atoms with Gasteiger partial charge in [0, 0.05) is 18.1 Å². The molecule has 0 saturated carbocycles. The van der Waals surface area contributed by atoms with E-state index in [1.54, 1.807) is 11.8 Å². The van der Waals surface area contributed by atoms with Crippen LogP contribution in [0.2, 0.25) is 5.02 Å². The highest BCUT2D eigenvalue weighted by Gasteiger charge is 2.23. The minimum Gasteiger partial charge on any atom is -0.493 e. The van der Waals surface area contributed by atoms with Crippen LogP contribution < -0.4 is 9.47 Å². The molecule has 0 bridgehead atoms. The predicted octanol–water partition coefficient (Wildman–Crippen LogP) is 6.58. The molecule has 4 rings (SSSR count). The molecule has 1 N–H and O–H groups in total. The first-order valence-electron chi connectivity index (χ1n) is 12.1. The van der Waals surface area contributed by atoms with Crippen molar-refractivity contribution in [2.75, 3.05) is 20.2 Å². The molecule has 1 aromatic heterocycles. The second-order valence-electron chi connectivity index (χ2n) is 8.67. The Morgan fingerprint density at radius 2 is 1.64 bits per heavy atom. The molecule has 1 heterocycles. The van der Waals surface area contributed by atoms with Crippen LogP contribution >= 0.6 is 11.6 Å². The molecule has 1 unspecified atom stereocenters. The molecule has 36 heavy (non-hydrogen) atoms. The highest BCUT2D eigenvalue weighted by atomic mass is 35.5. The van der Waals surface area contributed by atoms with Crippen LogP contribution in [0.15, 0.2) is 78.9 Å². The predicted molar refractivity (Wildman–Crippen MR) is 143 cm³/mol. The fourth-order valence-electron chi connectivity index (χ4n) is 4.19. The summed E-state index contributed by atoms with van der Waals surface area (Å²) >= 11 is 6.14. The summed E-state index contributed by atoms with van der Waals surface area (Å²) in [6.07, 6.45) is 0.358. The summed E-state index contributed by atoms with van der Waals surface area (Å²) < 4.78 is 13.8. The summed E-state index contributed by atoms with van der Waals surface area (Å²) in [5.74, 6) is 1.84. The van der Waals surface area contributed by atoms with Crippen molar-refractivity contribution in [1.29, 1.82) is 0 Å². The van der Waals surface area contributed by atoms with E-state index in [0.717, 1.165) is 35.5 Å². The Hall–Kier alpha value is -3.32. The van der Waals surface area contributed by atoms with E-state index in [4.69, 9.17) is 26.2 Å². The number of aromatic nitrogens is 2. The molecule has 1 atom stereocenters. The topological polar surface area (TPSA) is 59.8 Å². The van der Waals surface area contributed by atoms with E-state index >= 15 is 0 Å². The second kappa shape index (κ2) is 12.1. The zero-order chi connectivity index (χ0) is 25.5. The molecule has 7 heteroatoms. The minimum absolute atomic E-state index is 0.498. The normalized spacial score (nSPS) is 12.1. The fraction of sp³-hybridized carbons (Fsp3) is 0.276. The number of para-hydroxylation sites is 2. The minimum atomic E-state index is -0.594. The van der Waals surface area contributed by atoms with E-state index in [1.165, 1.54) is 0 Å². The Kier molecular flexibility index (Phi) is 8.65. The Labute approximate surface area is 217 Å². The summed E-state index contributed by atoms with van der Waals surface area (Å²) in [5, 5.41) is 16.4. The van der Waals surface area contributed by atoms with Gasteiger partial charge in [-0.2, -0.15) is 5.10 Å². The van der Waals surface area contributed by atoms with Gasteiger partial charge >= 0.3 is 0 Å². The van der Waals surface area contributed by atoms with Crippen LogP contribution in [0.3, 0.4) is 0 Å². The second-order valence-corrected chi connectivity index (χ2v) is 9.11. The SMILES string of the molecule is CCCN(Cc1c(C)nn(-c2ccc(Cl)cc2)c1Oc1ccccc1OC)CC(O)c1ccccc1. The van der Waals surface area contributed by atoms with Crippen molar-refractivity contribution < 1.29 is 14.6 Å². The van der Waals surface area contributed by atoms with Crippen molar-refractivity contribution in [3.05, 3.63) is 101 Å². The zero-order valence-electron chi connectivity index (χ0n) is 20.9. The third-order valence-electron chi connectivity index (χ3n) is 6.02. The number of rotatable bonds is 11. The Morgan fingerprint density at radius 3 is 2.31 bits per heavy atom. The van der Waals surface area contributed by atoms with Gasteiger partial charge in [0.15, 0.2) is 11.5 Å². The lowest BCUT2D eigenvalue weighted by atomic mass is 10.1. The van der Waals surface area contributed by atoms with Crippen LogP contribution in [0.1, 0.15) is 36.3 Å².